The number of fused-ring (bicyclic) bond motifs is 1. The minimum atomic E-state index is 0.0917. The number of hydrogen-bond donors (Lipinski definition) is 0. The normalized spacial score (nSPS) is 23.2. The van der Waals surface area contributed by atoms with Crippen molar-refractivity contribution in [2.24, 2.45) is 17.8 Å². The molecule has 0 unspecified atom stereocenters. The van der Waals surface area contributed by atoms with Crippen molar-refractivity contribution in [3.63, 3.8) is 0 Å². The third kappa shape index (κ3) is 3.84. The summed E-state index contributed by atoms with van der Waals surface area (Å²) in [4.78, 5) is 27.8. The molecule has 1 aliphatic heterocycles. The van der Waals surface area contributed by atoms with Gasteiger partial charge in [0.25, 0.3) is 5.91 Å². The molecular weight excluding hydrogens is 372 g/mol. The number of aromatic nitrogens is 3. The van der Waals surface area contributed by atoms with Crippen LogP contribution in [0.1, 0.15) is 35.2 Å². The lowest BCUT2D eigenvalue weighted by Gasteiger charge is -2.32. The molecule has 1 aliphatic carbocycles. The zero-order valence-corrected chi connectivity index (χ0v) is 17.0. The summed E-state index contributed by atoms with van der Waals surface area (Å²) >= 11 is 0. The van der Waals surface area contributed by atoms with Crippen LogP contribution in [0.3, 0.4) is 0 Å². The molecule has 2 fully saturated rings. The molecule has 3 heterocycles. The van der Waals surface area contributed by atoms with Crippen molar-refractivity contribution in [1.82, 2.24) is 19.9 Å². The second-order valence-corrected chi connectivity index (χ2v) is 8.60. The highest BCUT2D eigenvalue weighted by atomic mass is 16.2. The van der Waals surface area contributed by atoms with Gasteiger partial charge in [0, 0.05) is 49.0 Å². The maximum Gasteiger partial charge on any atom is 0.255 e. The number of carbonyl (C=O) groups excluding carboxylic acids is 1. The number of hydrogen-bond acceptors (Lipinski definition) is 4. The first-order chi connectivity index (χ1) is 14.8. The van der Waals surface area contributed by atoms with Crippen molar-refractivity contribution < 1.29 is 4.79 Å². The topological polar surface area (TPSA) is 59.0 Å². The van der Waals surface area contributed by atoms with Crippen molar-refractivity contribution in [2.75, 3.05) is 13.1 Å². The standard InChI is InChI=1S/C25H26N4O/c30-25(22-10-21(11-26-12-22)23-13-27-17-28-14-23)29-15-20-8-4-7-19(24(20)16-29)9-18-5-2-1-3-6-18/h1-3,5-6,10-14,17,19-20,24H,4,7-9,15-16H2/t19-,20-,24-/m1/s1. The van der Waals surface area contributed by atoms with Gasteiger partial charge in [0.2, 0.25) is 0 Å². The van der Waals surface area contributed by atoms with Crippen LogP contribution in [0, 0.1) is 17.8 Å². The van der Waals surface area contributed by atoms with Crippen molar-refractivity contribution in [3.05, 3.63) is 78.6 Å². The Hall–Kier alpha value is -3.08. The average molecular weight is 399 g/mol. The third-order valence-electron chi connectivity index (χ3n) is 6.75. The van der Waals surface area contributed by atoms with Crippen LogP contribution >= 0.6 is 0 Å². The molecule has 0 bridgehead atoms. The lowest BCUT2D eigenvalue weighted by Crippen LogP contribution is -2.30. The number of carbonyl (C=O) groups is 1. The van der Waals surface area contributed by atoms with Gasteiger partial charge in [-0.15, -0.1) is 0 Å². The smallest absolute Gasteiger partial charge is 0.255 e. The highest BCUT2D eigenvalue weighted by Crippen LogP contribution is 2.42. The zero-order chi connectivity index (χ0) is 20.3. The van der Waals surface area contributed by atoms with Crippen LogP contribution in [-0.2, 0) is 6.42 Å². The highest BCUT2D eigenvalue weighted by Gasteiger charge is 2.41. The van der Waals surface area contributed by atoms with E-state index in [1.54, 1.807) is 24.8 Å². The summed E-state index contributed by atoms with van der Waals surface area (Å²) in [5.74, 6) is 1.97. The SMILES string of the molecule is O=C(c1cncc(-c2cncnc2)c1)N1C[C@H]2CCC[C@H](Cc3ccccc3)[C@H]2C1. The van der Waals surface area contributed by atoms with Crippen LogP contribution in [0.25, 0.3) is 11.1 Å². The Morgan fingerprint density at radius 3 is 2.57 bits per heavy atom. The largest absolute Gasteiger partial charge is 0.338 e. The molecule has 5 heteroatoms. The van der Waals surface area contributed by atoms with E-state index in [-0.39, 0.29) is 5.91 Å². The van der Waals surface area contributed by atoms with Crippen molar-refractivity contribution in [1.29, 1.82) is 0 Å². The molecule has 5 nitrogen and oxygen atoms in total. The van der Waals surface area contributed by atoms with E-state index in [2.05, 4.69) is 50.2 Å². The van der Waals surface area contributed by atoms with E-state index in [1.165, 1.54) is 31.2 Å². The first-order valence-corrected chi connectivity index (χ1v) is 10.8. The second kappa shape index (κ2) is 8.34. The van der Waals surface area contributed by atoms with Crippen LogP contribution in [0.4, 0.5) is 0 Å². The summed E-state index contributed by atoms with van der Waals surface area (Å²) in [5.41, 5.74) is 3.81. The zero-order valence-electron chi connectivity index (χ0n) is 17.0. The molecule has 1 saturated carbocycles. The van der Waals surface area contributed by atoms with Gasteiger partial charge >= 0.3 is 0 Å². The maximum absolute atomic E-state index is 13.3. The Bertz CT molecular complexity index is 1010. The maximum atomic E-state index is 13.3. The van der Waals surface area contributed by atoms with E-state index in [1.807, 2.05) is 6.07 Å². The Balaban J connectivity index is 1.32. The molecule has 0 spiro atoms. The molecular formula is C25H26N4O. The van der Waals surface area contributed by atoms with Gasteiger partial charge in [-0.2, -0.15) is 0 Å². The molecule has 2 aromatic heterocycles. The van der Waals surface area contributed by atoms with E-state index in [0.717, 1.165) is 30.6 Å². The van der Waals surface area contributed by atoms with Crippen LogP contribution in [0.2, 0.25) is 0 Å². The second-order valence-electron chi connectivity index (χ2n) is 8.60. The number of benzene rings is 1. The lowest BCUT2D eigenvalue weighted by molar-refractivity contribution is 0.0781. The summed E-state index contributed by atoms with van der Waals surface area (Å²) in [6, 6.07) is 12.7. The molecule has 152 valence electrons. The van der Waals surface area contributed by atoms with Crippen molar-refractivity contribution in [3.8, 4) is 11.1 Å². The van der Waals surface area contributed by atoms with E-state index in [0.29, 0.717) is 23.3 Å². The van der Waals surface area contributed by atoms with Gasteiger partial charge in [0.1, 0.15) is 6.33 Å². The summed E-state index contributed by atoms with van der Waals surface area (Å²) in [6.45, 7) is 1.73. The summed E-state index contributed by atoms with van der Waals surface area (Å²) < 4.78 is 0. The third-order valence-corrected chi connectivity index (χ3v) is 6.75. The monoisotopic (exact) mass is 398 g/mol. The number of nitrogens with zero attached hydrogens (tertiary/aromatic N) is 4. The van der Waals surface area contributed by atoms with Gasteiger partial charge in [0.05, 0.1) is 5.56 Å². The first-order valence-electron chi connectivity index (χ1n) is 10.8. The fourth-order valence-electron chi connectivity index (χ4n) is 5.27. The lowest BCUT2D eigenvalue weighted by atomic mass is 9.72. The summed E-state index contributed by atoms with van der Waals surface area (Å²) in [5, 5.41) is 0. The van der Waals surface area contributed by atoms with Crippen molar-refractivity contribution >= 4 is 5.91 Å². The molecule has 5 rings (SSSR count). The minimum Gasteiger partial charge on any atom is -0.338 e. The predicted octanol–water partition coefficient (Wildman–Crippen LogP) is 4.27. The van der Waals surface area contributed by atoms with E-state index in [4.69, 9.17) is 0 Å². The number of pyridine rings is 1. The van der Waals surface area contributed by atoms with Crippen LogP contribution in [0.15, 0.2) is 67.5 Å². The summed E-state index contributed by atoms with van der Waals surface area (Å²) in [7, 11) is 0. The predicted molar refractivity (Wildman–Crippen MR) is 116 cm³/mol. The van der Waals surface area contributed by atoms with Crippen LogP contribution in [0.5, 0.6) is 0 Å². The van der Waals surface area contributed by atoms with E-state index in [9.17, 15) is 4.79 Å². The molecule has 2 aliphatic rings. The van der Waals surface area contributed by atoms with Crippen LogP contribution in [-0.4, -0.2) is 38.8 Å². The molecule has 1 saturated heterocycles. The Morgan fingerprint density at radius 2 is 1.73 bits per heavy atom. The van der Waals surface area contributed by atoms with Gasteiger partial charge < -0.3 is 4.90 Å². The Kier molecular flexibility index (Phi) is 5.26. The molecule has 3 aromatic rings. The molecule has 1 aromatic carbocycles. The molecule has 0 radical (unpaired) electrons. The first kappa shape index (κ1) is 18.9. The van der Waals surface area contributed by atoms with Gasteiger partial charge in [-0.1, -0.05) is 36.8 Å². The van der Waals surface area contributed by atoms with Gasteiger partial charge in [0.15, 0.2) is 0 Å². The Morgan fingerprint density at radius 1 is 0.933 bits per heavy atom. The molecule has 1 amide bonds. The number of amides is 1. The fourth-order valence-corrected chi connectivity index (χ4v) is 5.27. The van der Waals surface area contributed by atoms with Gasteiger partial charge in [-0.25, -0.2) is 9.97 Å². The number of rotatable bonds is 4. The van der Waals surface area contributed by atoms with Gasteiger partial charge in [-0.3, -0.25) is 9.78 Å². The van der Waals surface area contributed by atoms with E-state index >= 15 is 0 Å². The van der Waals surface area contributed by atoms with Crippen LogP contribution < -0.4 is 0 Å². The van der Waals surface area contributed by atoms with Crippen molar-refractivity contribution in [2.45, 2.75) is 25.7 Å². The molecule has 0 N–H and O–H groups in total. The molecule has 30 heavy (non-hydrogen) atoms. The number of likely N-dealkylation sites (tertiary alicyclic amines) is 1. The molecule has 3 atom stereocenters. The Labute approximate surface area is 177 Å². The summed E-state index contributed by atoms with van der Waals surface area (Å²) in [6.07, 6.45) is 13.3. The van der Waals surface area contributed by atoms with E-state index < -0.39 is 0 Å². The quantitative estimate of drug-likeness (QED) is 0.659. The highest BCUT2D eigenvalue weighted by molar-refractivity contribution is 5.95. The fraction of sp³-hybridized carbons (Fsp3) is 0.360. The minimum absolute atomic E-state index is 0.0917. The average Bonchev–Trinajstić information content (AvgIpc) is 3.25. The van der Waals surface area contributed by atoms with Gasteiger partial charge in [-0.05, 0) is 48.6 Å².